The number of allylic oxidation sites excluding steroid dienone is 1. The maximum Gasteiger partial charge on any atom is 0.469 e. The molecule has 4 N–H and O–H groups in total. The van der Waals surface area contributed by atoms with E-state index in [-0.39, 0.29) is 37.6 Å². The Balaban J connectivity index is 2.31. The molecule has 11 nitrogen and oxygen atoms in total. The Morgan fingerprint density at radius 3 is 1.98 bits per heavy atom. The van der Waals surface area contributed by atoms with E-state index in [0.717, 1.165) is 57.3 Å². The van der Waals surface area contributed by atoms with Gasteiger partial charge in [-0.15, -0.1) is 0 Å². The number of Topliss-reactive ketones (excluding diaryl/α,β-unsaturated/α-hetero) is 1. The number of carbonyl (C=O) groups excluding carboxylic acids is 3. The van der Waals surface area contributed by atoms with E-state index in [9.17, 15) is 29.2 Å². The number of carbonyl (C=O) groups is 3. The number of esters is 2. The molecule has 0 saturated heterocycles. The average Bonchev–Trinajstić information content (AvgIpc) is 3.32. The molecule has 5 atom stereocenters. The van der Waals surface area contributed by atoms with Crippen LogP contribution in [-0.4, -0.2) is 69.2 Å². The number of hydrogen-bond acceptors (Lipinski definition) is 9. The molecular formula is C38H69O11P. The van der Waals surface area contributed by atoms with Gasteiger partial charge in [-0.2, -0.15) is 0 Å². The van der Waals surface area contributed by atoms with E-state index in [1.165, 1.54) is 38.5 Å². The van der Waals surface area contributed by atoms with Crippen LogP contribution in [0.15, 0.2) is 12.2 Å². The summed E-state index contributed by atoms with van der Waals surface area (Å²) in [7, 11) is -4.81. The Morgan fingerprint density at radius 1 is 0.820 bits per heavy atom. The lowest BCUT2D eigenvalue weighted by Crippen LogP contribution is -2.29. The van der Waals surface area contributed by atoms with Crippen LogP contribution in [0.4, 0.5) is 0 Å². The molecule has 1 rings (SSSR count). The molecule has 0 amide bonds. The van der Waals surface area contributed by atoms with E-state index in [2.05, 4.69) is 25.3 Å². The van der Waals surface area contributed by atoms with Crippen molar-refractivity contribution < 1.29 is 52.9 Å². The first-order valence-corrected chi connectivity index (χ1v) is 21.0. The molecule has 1 fully saturated rings. The Bertz CT molecular complexity index is 995. The first-order valence-electron chi connectivity index (χ1n) is 19.4. The molecule has 1 saturated carbocycles. The fourth-order valence-electron chi connectivity index (χ4n) is 6.40. The fraction of sp³-hybridized carbons (Fsp3) is 0.868. The van der Waals surface area contributed by atoms with Crippen molar-refractivity contribution in [1.82, 2.24) is 0 Å². The van der Waals surface area contributed by atoms with Gasteiger partial charge in [0.25, 0.3) is 0 Å². The third-order valence-corrected chi connectivity index (χ3v) is 9.85. The van der Waals surface area contributed by atoms with Gasteiger partial charge < -0.3 is 29.5 Å². The summed E-state index contributed by atoms with van der Waals surface area (Å²) in [5.41, 5.74) is 0. The van der Waals surface area contributed by atoms with Gasteiger partial charge >= 0.3 is 19.8 Å². The first kappa shape index (κ1) is 46.4. The highest BCUT2D eigenvalue weighted by Crippen LogP contribution is 2.36. The summed E-state index contributed by atoms with van der Waals surface area (Å²) in [6, 6.07) is 0. The Labute approximate surface area is 301 Å². The molecule has 0 radical (unpaired) electrons. The van der Waals surface area contributed by atoms with Crippen LogP contribution >= 0.6 is 7.82 Å². The Kier molecular flexibility index (Phi) is 25.9. The van der Waals surface area contributed by atoms with Crippen LogP contribution in [0.25, 0.3) is 0 Å². The summed E-state index contributed by atoms with van der Waals surface area (Å²) in [4.78, 5) is 55.4. The molecule has 0 unspecified atom stereocenters. The summed E-state index contributed by atoms with van der Waals surface area (Å²) >= 11 is 0. The van der Waals surface area contributed by atoms with Crippen LogP contribution in [-0.2, 0) is 32.9 Å². The number of phosphoric ester groups is 1. The van der Waals surface area contributed by atoms with Gasteiger partial charge in [-0.25, -0.2) is 4.57 Å². The number of unbranched alkanes of at least 4 members (excludes halogenated alkanes) is 13. The zero-order chi connectivity index (χ0) is 37.2. The van der Waals surface area contributed by atoms with Crippen LogP contribution < -0.4 is 0 Å². The first-order chi connectivity index (χ1) is 23.8. The standard InChI is InChI=1S/C38H69O11P/c1-4-5-15-21-31(39)25-26-34-33(35(40)27-36(34)41)22-17-13-14-19-24-38(43)49-32(29-48-50(44,45)46)28-47-37(42)23-18-12-10-8-6-7-9-11-16-20-30(2)3/h25-26,30-35,39-40H,4-24,27-29H2,1-3H3,(H2,44,45,46)/b26-25+/t31-,32+,33+,34+,35-/m0/s1. The van der Waals surface area contributed by atoms with Gasteiger partial charge in [0.15, 0.2) is 6.10 Å². The number of rotatable bonds is 31. The lowest BCUT2D eigenvalue weighted by molar-refractivity contribution is -0.161. The minimum atomic E-state index is -4.81. The maximum atomic E-state index is 12.5. The van der Waals surface area contributed by atoms with Crippen LogP contribution in [0.1, 0.15) is 162 Å². The van der Waals surface area contributed by atoms with E-state index in [1.54, 1.807) is 12.2 Å². The molecular weight excluding hydrogens is 663 g/mol. The van der Waals surface area contributed by atoms with Gasteiger partial charge in [-0.05, 0) is 37.5 Å². The number of ether oxygens (including phenoxy) is 2. The smallest absolute Gasteiger partial charge is 0.462 e. The second-order valence-electron chi connectivity index (χ2n) is 14.5. The van der Waals surface area contributed by atoms with E-state index >= 15 is 0 Å². The predicted molar refractivity (Wildman–Crippen MR) is 194 cm³/mol. The Morgan fingerprint density at radius 2 is 1.38 bits per heavy atom. The SMILES string of the molecule is CCCCC[C@H](O)/C=C/[C@H]1C(=O)C[C@H](O)[C@@H]1CCCCCCC(=O)O[C@H](COC(=O)CCCCCCCCCCCC(C)C)COP(=O)(O)O. The molecule has 50 heavy (non-hydrogen) atoms. The molecule has 0 aliphatic heterocycles. The zero-order valence-corrected chi connectivity index (χ0v) is 32.1. The van der Waals surface area contributed by atoms with Gasteiger partial charge in [-0.3, -0.25) is 18.9 Å². The number of ketones is 1. The van der Waals surface area contributed by atoms with Crippen LogP contribution in [0, 0.1) is 17.8 Å². The van der Waals surface area contributed by atoms with Crippen molar-refractivity contribution in [3.63, 3.8) is 0 Å². The van der Waals surface area contributed by atoms with Crippen molar-refractivity contribution in [3.05, 3.63) is 12.2 Å². The fourth-order valence-corrected chi connectivity index (χ4v) is 6.76. The maximum absolute atomic E-state index is 12.5. The number of aliphatic hydroxyl groups is 2. The highest BCUT2D eigenvalue weighted by Gasteiger charge is 2.39. The van der Waals surface area contributed by atoms with E-state index < -0.39 is 50.6 Å². The van der Waals surface area contributed by atoms with Crippen LogP contribution in [0.3, 0.4) is 0 Å². The lowest BCUT2D eigenvalue weighted by atomic mass is 9.88. The van der Waals surface area contributed by atoms with Crippen molar-refractivity contribution in [1.29, 1.82) is 0 Å². The van der Waals surface area contributed by atoms with Crippen molar-refractivity contribution in [3.8, 4) is 0 Å². The van der Waals surface area contributed by atoms with Gasteiger partial charge in [-0.1, -0.05) is 129 Å². The highest BCUT2D eigenvalue weighted by atomic mass is 31.2. The van der Waals surface area contributed by atoms with Crippen LogP contribution in [0.2, 0.25) is 0 Å². The molecule has 0 bridgehead atoms. The summed E-state index contributed by atoms with van der Waals surface area (Å²) < 4.78 is 26.3. The second kappa shape index (κ2) is 28.0. The lowest BCUT2D eigenvalue weighted by Gasteiger charge is -2.19. The van der Waals surface area contributed by atoms with E-state index in [0.29, 0.717) is 32.1 Å². The molecule has 0 spiro atoms. The number of aliphatic hydroxyl groups excluding tert-OH is 2. The average molecular weight is 733 g/mol. The Hall–Kier alpha value is -1.62. The predicted octanol–water partition coefficient (Wildman–Crippen LogP) is 7.90. The quantitative estimate of drug-likeness (QED) is 0.0236. The molecule has 12 heteroatoms. The number of phosphoric acid groups is 1. The largest absolute Gasteiger partial charge is 0.469 e. The monoisotopic (exact) mass is 732 g/mol. The third kappa shape index (κ3) is 24.5. The normalized spacial score (nSPS) is 19.4. The molecule has 0 aromatic heterocycles. The van der Waals surface area contributed by atoms with Gasteiger partial charge in [0.1, 0.15) is 12.4 Å². The van der Waals surface area contributed by atoms with Crippen LogP contribution in [0.5, 0.6) is 0 Å². The topological polar surface area (TPSA) is 177 Å². The molecule has 0 heterocycles. The zero-order valence-electron chi connectivity index (χ0n) is 31.2. The minimum Gasteiger partial charge on any atom is -0.462 e. The third-order valence-electron chi connectivity index (χ3n) is 9.37. The molecule has 1 aliphatic carbocycles. The van der Waals surface area contributed by atoms with E-state index in [1.807, 2.05) is 0 Å². The number of hydrogen-bond donors (Lipinski definition) is 4. The summed E-state index contributed by atoms with van der Waals surface area (Å²) in [6.07, 6.45) is 20.0. The summed E-state index contributed by atoms with van der Waals surface area (Å²) in [5.74, 6) is -0.863. The van der Waals surface area contributed by atoms with Crippen molar-refractivity contribution >= 4 is 25.5 Å². The van der Waals surface area contributed by atoms with Crippen molar-refractivity contribution in [2.45, 2.75) is 180 Å². The molecule has 292 valence electrons. The molecule has 1 aliphatic rings. The van der Waals surface area contributed by atoms with Crippen molar-refractivity contribution in [2.24, 2.45) is 17.8 Å². The summed E-state index contributed by atoms with van der Waals surface area (Å²) in [5, 5.41) is 20.7. The van der Waals surface area contributed by atoms with Crippen molar-refractivity contribution in [2.75, 3.05) is 13.2 Å². The minimum absolute atomic E-state index is 0.00547. The van der Waals surface area contributed by atoms with Gasteiger partial charge in [0, 0.05) is 25.2 Å². The molecule has 0 aromatic rings. The van der Waals surface area contributed by atoms with Gasteiger partial charge in [0.05, 0.1) is 18.8 Å². The molecule has 0 aromatic carbocycles. The summed E-state index contributed by atoms with van der Waals surface area (Å²) in [6.45, 7) is 5.66. The highest BCUT2D eigenvalue weighted by molar-refractivity contribution is 7.46. The second-order valence-corrected chi connectivity index (χ2v) is 15.8. The van der Waals surface area contributed by atoms with Gasteiger partial charge in [0.2, 0.25) is 0 Å². The van der Waals surface area contributed by atoms with E-state index in [4.69, 9.17) is 19.3 Å².